The maximum absolute atomic E-state index is 13.1. The zero-order valence-corrected chi connectivity index (χ0v) is 17.1. The van der Waals surface area contributed by atoms with E-state index in [2.05, 4.69) is 14.5 Å². The summed E-state index contributed by atoms with van der Waals surface area (Å²) in [7, 11) is -2.26. The molecule has 0 bridgehead atoms. The van der Waals surface area contributed by atoms with Gasteiger partial charge in [0.1, 0.15) is 17.4 Å². The van der Waals surface area contributed by atoms with E-state index in [1.807, 2.05) is 0 Å². The normalized spacial score (nSPS) is 15.2. The van der Waals surface area contributed by atoms with Crippen molar-refractivity contribution in [3.63, 3.8) is 0 Å². The molecule has 156 valence electrons. The lowest BCUT2D eigenvalue weighted by Crippen LogP contribution is -2.47. The second-order valence-electron chi connectivity index (χ2n) is 6.81. The minimum absolute atomic E-state index is 0.0400. The van der Waals surface area contributed by atoms with Crippen molar-refractivity contribution in [1.29, 1.82) is 5.41 Å². The van der Waals surface area contributed by atoms with Crippen LogP contribution < -0.4 is 14.4 Å². The van der Waals surface area contributed by atoms with E-state index in [0.717, 1.165) is 31.9 Å². The summed E-state index contributed by atoms with van der Waals surface area (Å²) in [5, 5.41) is 8.00. The standard InChI is InChI=1S/C20H25FN4O3S/c1-28-18-6-8-19(9-7-18)29(26,27)23-20(22)10-11-24-12-14-25(15-13-24)17-4-2-16(21)3-5-17/h2-9H,10-15H2,1H3,(H2,22,23). The Balaban J connectivity index is 1.45. The first-order chi connectivity index (χ1) is 13.9. The lowest BCUT2D eigenvalue weighted by molar-refractivity contribution is 0.264. The number of methoxy groups -OCH3 is 1. The van der Waals surface area contributed by atoms with Gasteiger partial charge in [0, 0.05) is 44.8 Å². The van der Waals surface area contributed by atoms with E-state index in [1.54, 1.807) is 24.3 Å². The number of rotatable bonds is 7. The van der Waals surface area contributed by atoms with Crippen molar-refractivity contribution in [2.45, 2.75) is 11.3 Å². The number of anilines is 1. The van der Waals surface area contributed by atoms with Gasteiger partial charge in [-0.2, -0.15) is 0 Å². The monoisotopic (exact) mass is 420 g/mol. The number of piperazine rings is 1. The van der Waals surface area contributed by atoms with Crippen LogP contribution in [0.4, 0.5) is 10.1 Å². The average Bonchev–Trinajstić information content (AvgIpc) is 2.73. The maximum atomic E-state index is 13.1. The summed E-state index contributed by atoms with van der Waals surface area (Å²) in [6, 6.07) is 12.5. The molecule has 29 heavy (non-hydrogen) atoms. The summed E-state index contributed by atoms with van der Waals surface area (Å²) < 4.78 is 45.2. The van der Waals surface area contributed by atoms with Crippen LogP contribution in [0.25, 0.3) is 0 Å². The van der Waals surface area contributed by atoms with Crippen LogP contribution in [0.2, 0.25) is 0 Å². The van der Waals surface area contributed by atoms with E-state index >= 15 is 0 Å². The first-order valence-corrected chi connectivity index (χ1v) is 10.8. The Bertz CT molecular complexity index is 925. The van der Waals surface area contributed by atoms with E-state index < -0.39 is 10.0 Å². The fourth-order valence-corrected chi connectivity index (χ4v) is 4.22. The fraction of sp³-hybridized carbons (Fsp3) is 0.350. The first-order valence-electron chi connectivity index (χ1n) is 9.34. The predicted molar refractivity (Wildman–Crippen MR) is 111 cm³/mol. The number of hydrogen-bond donors (Lipinski definition) is 2. The summed E-state index contributed by atoms with van der Waals surface area (Å²) in [6.45, 7) is 3.81. The number of nitrogens with one attached hydrogen (secondary N) is 2. The fourth-order valence-electron chi connectivity index (χ4n) is 3.18. The quantitative estimate of drug-likeness (QED) is 0.530. The minimum Gasteiger partial charge on any atom is -0.497 e. The molecule has 1 aliphatic heterocycles. The number of nitrogens with zero attached hydrogens (tertiary/aromatic N) is 2. The Morgan fingerprint density at radius 3 is 2.28 bits per heavy atom. The second-order valence-corrected chi connectivity index (χ2v) is 8.50. The molecule has 0 atom stereocenters. The third-order valence-corrected chi connectivity index (χ3v) is 6.28. The van der Waals surface area contributed by atoms with Crippen LogP contribution in [-0.2, 0) is 10.0 Å². The number of halogens is 1. The van der Waals surface area contributed by atoms with Crippen molar-refractivity contribution in [1.82, 2.24) is 9.62 Å². The third-order valence-electron chi connectivity index (χ3n) is 4.87. The Kier molecular flexibility index (Phi) is 6.71. The molecule has 0 radical (unpaired) electrons. The Morgan fingerprint density at radius 1 is 1.07 bits per heavy atom. The van der Waals surface area contributed by atoms with Crippen molar-refractivity contribution < 1.29 is 17.5 Å². The molecular formula is C20H25FN4O3S. The highest BCUT2D eigenvalue weighted by molar-refractivity contribution is 7.90. The molecule has 0 aromatic heterocycles. The zero-order chi connectivity index (χ0) is 20.9. The van der Waals surface area contributed by atoms with Crippen molar-refractivity contribution in [3.05, 3.63) is 54.3 Å². The lowest BCUT2D eigenvalue weighted by atomic mass is 10.2. The highest BCUT2D eigenvalue weighted by atomic mass is 32.2. The van der Waals surface area contributed by atoms with Gasteiger partial charge in [-0.15, -0.1) is 0 Å². The van der Waals surface area contributed by atoms with Crippen LogP contribution in [0.3, 0.4) is 0 Å². The van der Waals surface area contributed by atoms with Gasteiger partial charge in [-0.1, -0.05) is 0 Å². The number of sulfonamides is 1. The molecule has 2 aromatic carbocycles. The number of amidine groups is 1. The van der Waals surface area contributed by atoms with Gasteiger partial charge in [-0.05, 0) is 48.5 Å². The summed E-state index contributed by atoms with van der Waals surface area (Å²) >= 11 is 0. The van der Waals surface area contributed by atoms with Crippen LogP contribution in [0.15, 0.2) is 53.4 Å². The average molecular weight is 421 g/mol. The van der Waals surface area contributed by atoms with Gasteiger partial charge >= 0.3 is 0 Å². The first kappa shape index (κ1) is 21.1. The van der Waals surface area contributed by atoms with Crippen LogP contribution >= 0.6 is 0 Å². The van der Waals surface area contributed by atoms with E-state index in [1.165, 1.54) is 31.4 Å². The van der Waals surface area contributed by atoms with Crippen LogP contribution in [-0.4, -0.2) is 59.0 Å². The van der Waals surface area contributed by atoms with Crippen molar-refractivity contribution in [2.75, 3.05) is 44.7 Å². The molecule has 0 aliphatic carbocycles. The van der Waals surface area contributed by atoms with Gasteiger partial charge in [0.05, 0.1) is 12.0 Å². The molecule has 2 N–H and O–H groups in total. The van der Waals surface area contributed by atoms with E-state index in [4.69, 9.17) is 10.1 Å². The topological polar surface area (TPSA) is 85.7 Å². The molecule has 1 aliphatic rings. The molecule has 1 fully saturated rings. The molecule has 0 amide bonds. The molecule has 0 saturated carbocycles. The van der Waals surface area contributed by atoms with Gasteiger partial charge in [0.15, 0.2) is 0 Å². The maximum Gasteiger partial charge on any atom is 0.262 e. The van der Waals surface area contributed by atoms with Crippen LogP contribution in [0, 0.1) is 11.2 Å². The lowest BCUT2D eigenvalue weighted by Gasteiger charge is -2.36. The van der Waals surface area contributed by atoms with Gasteiger partial charge in [-0.25, -0.2) is 12.8 Å². The zero-order valence-electron chi connectivity index (χ0n) is 16.3. The van der Waals surface area contributed by atoms with Gasteiger partial charge < -0.3 is 9.64 Å². The SMILES string of the molecule is COc1ccc(S(=O)(=O)NC(=N)CCN2CCN(c3ccc(F)cc3)CC2)cc1. The number of ether oxygens (including phenoxy) is 1. The number of benzene rings is 2. The Labute approximate surface area is 170 Å². The summed E-state index contributed by atoms with van der Waals surface area (Å²) in [4.78, 5) is 4.47. The molecule has 3 rings (SSSR count). The summed E-state index contributed by atoms with van der Waals surface area (Å²) in [5.41, 5.74) is 0.992. The molecule has 2 aromatic rings. The molecule has 9 heteroatoms. The molecule has 0 spiro atoms. The molecule has 7 nitrogen and oxygen atoms in total. The van der Waals surface area contributed by atoms with Gasteiger partial charge in [0.2, 0.25) is 0 Å². The highest BCUT2D eigenvalue weighted by Crippen LogP contribution is 2.17. The Morgan fingerprint density at radius 2 is 1.69 bits per heavy atom. The van der Waals surface area contributed by atoms with Crippen LogP contribution in [0.5, 0.6) is 5.75 Å². The van der Waals surface area contributed by atoms with Crippen LogP contribution in [0.1, 0.15) is 6.42 Å². The van der Waals surface area contributed by atoms with E-state index in [9.17, 15) is 12.8 Å². The predicted octanol–water partition coefficient (Wildman–Crippen LogP) is 2.30. The molecular weight excluding hydrogens is 395 g/mol. The van der Waals surface area contributed by atoms with E-state index in [-0.39, 0.29) is 16.5 Å². The molecule has 1 heterocycles. The van der Waals surface area contributed by atoms with Crippen molar-refractivity contribution >= 4 is 21.5 Å². The largest absolute Gasteiger partial charge is 0.497 e. The van der Waals surface area contributed by atoms with Gasteiger partial charge in [0.25, 0.3) is 10.0 Å². The smallest absolute Gasteiger partial charge is 0.262 e. The second kappa shape index (κ2) is 9.23. The summed E-state index contributed by atoms with van der Waals surface area (Å²) in [6.07, 6.45) is 0.311. The molecule has 0 unspecified atom stereocenters. The van der Waals surface area contributed by atoms with Crippen molar-refractivity contribution in [2.24, 2.45) is 0 Å². The molecule has 1 saturated heterocycles. The number of hydrogen-bond acceptors (Lipinski definition) is 6. The minimum atomic E-state index is -3.77. The highest BCUT2D eigenvalue weighted by Gasteiger charge is 2.19. The van der Waals surface area contributed by atoms with Crippen molar-refractivity contribution in [3.8, 4) is 5.75 Å². The Hall–Kier alpha value is -2.65. The third kappa shape index (κ3) is 5.68. The van der Waals surface area contributed by atoms with Gasteiger partial charge in [-0.3, -0.25) is 15.0 Å². The van der Waals surface area contributed by atoms with E-state index in [0.29, 0.717) is 18.7 Å². The summed E-state index contributed by atoms with van der Waals surface area (Å²) in [5.74, 6) is 0.281.